The van der Waals surface area contributed by atoms with E-state index in [-0.39, 0.29) is 5.91 Å². The average Bonchev–Trinajstić information content (AvgIpc) is 2.56. The molecule has 1 saturated heterocycles. The quantitative estimate of drug-likeness (QED) is 0.909. The maximum Gasteiger partial charge on any atom is 0.255 e. The third kappa shape index (κ3) is 3.67. The summed E-state index contributed by atoms with van der Waals surface area (Å²) >= 11 is 3.37. The van der Waals surface area contributed by atoms with Crippen molar-refractivity contribution in [3.8, 4) is 0 Å². The van der Waals surface area contributed by atoms with Crippen molar-refractivity contribution in [1.82, 2.24) is 0 Å². The van der Waals surface area contributed by atoms with Crippen molar-refractivity contribution < 1.29 is 9.53 Å². The van der Waals surface area contributed by atoms with Gasteiger partial charge in [0.2, 0.25) is 0 Å². The highest BCUT2D eigenvalue weighted by Crippen LogP contribution is 2.20. The van der Waals surface area contributed by atoms with Crippen molar-refractivity contribution >= 4 is 33.2 Å². The van der Waals surface area contributed by atoms with E-state index < -0.39 is 0 Å². The third-order valence-electron chi connectivity index (χ3n) is 3.59. The molecule has 0 spiro atoms. The Hall–Kier alpha value is -1.85. The molecule has 4 nitrogen and oxygen atoms in total. The number of morpholine rings is 1. The van der Waals surface area contributed by atoms with Gasteiger partial charge in [-0.05, 0) is 42.5 Å². The Morgan fingerprint density at radius 3 is 2.50 bits per heavy atom. The second kappa shape index (κ2) is 6.94. The van der Waals surface area contributed by atoms with Gasteiger partial charge in [-0.25, -0.2) is 0 Å². The Labute approximate surface area is 138 Å². The van der Waals surface area contributed by atoms with Gasteiger partial charge in [0.05, 0.1) is 13.2 Å². The van der Waals surface area contributed by atoms with Gasteiger partial charge in [0.25, 0.3) is 5.91 Å². The molecule has 1 N–H and O–H groups in total. The first-order valence-corrected chi connectivity index (χ1v) is 8.01. The van der Waals surface area contributed by atoms with Gasteiger partial charge in [-0.3, -0.25) is 4.79 Å². The molecule has 2 aromatic carbocycles. The fraction of sp³-hybridized carbons (Fsp3) is 0.235. The predicted octanol–water partition coefficient (Wildman–Crippen LogP) is 3.54. The van der Waals surface area contributed by atoms with Crippen LogP contribution in [0.15, 0.2) is 53.0 Å². The first kappa shape index (κ1) is 15.1. The predicted molar refractivity (Wildman–Crippen MR) is 91.6 cm³/mol. The zero-order chi connectivity index (χ0) is 15.4. The molecule has 22 heavy (non-hydrogen) atoms. The van der Waals surface area contributed by atoms with Gasteiger partial charge < -0.3 is 15.0 Å². The van der Waals surface area contributed by atoms with Crippen molar-refractivity contribution in [3.63, 3.8) is 0 Å². The van der Waals surface area contributed by atoms with Crippen molar-refractivity contribution in [2.45, 2.75) is 0 Å². The van der Waals surface area contributed by atoms with Crippen LogP contribution >= 0.6 is 15.9 Å². The standard InChI is InChI=1S/C17H17BrN2O2/c18-14-3-1-2-13(12-14)17(21)19-15-4-6-16(7-5-15)20-8-10-22-11-9-20/h1-7,12H,8-11H2,(H,19,21). The number of amides is 1. The fourth-order valence-corrected chi connectivity index (χ4v) is 2.81. The molecule has 0 unspecified atom stereocenters. The lowest BCUT2D eigenvalue weighted by molar-refractivity contribution is 0.102. The minimum atomic E-state index is -0.111. The van der Waals surface area contributed by atoms with Gasteiger partial charge in [-0.15, -0.1) is 0 Å². The summed E-state index contributed by atoms with van der Waals surface area (Å²) in [6.45, 7) is 3.34. The normalized spacial score (nSPS) is 14.7. The van der Waals surface area contributed by atoms with Crippen LogP contribution in [0.4, 0.5) is 11.4 Å². The number of carbonyl (C=O) groups excluding carboxylic acids is 1. The molecule has 1 heterocycles. The molecule has 114 valence electrons. The Balaban J connectivity index is 1.66. The molecule has 0 atom stereocenters. The topological polar surface area (TPSA) is 41.6 Å². The van der Waals surface area contributed by atoms with Gasteiger partial charge in [0, 0.05) is 34.5 Å². The lowest BCUT2D eigenvalue weighted by atomic mass is 10.2. The smallest absolute Gasteiger partial charge is 0.255 e. The van der Waals surface area contributed by atoms with Crippen molar-refractivity contribution in [2.24, 2.45) is 0 Å². The Morgan fingerprint density at radius 2 is 1.82 bits per heavy atom. The molecular weight excluding hydrogens is 344 g/mol. The highest BCUT2D eigenvalue weighted by atomic mass is 79.9. The fourth-order valence-electron chi connectivity index (χ4n) is 2.41. The van der Waals surface area contributed by atoms with Crippen LogP contribution in [0.3, 0.4) is 0 Å². The molecule has 0 aromatic heterocycles. The third-order valence-corrected chi connectivity index (χ3v) is 4.08. The van der Waals surface area contributed by atoms with Crippen LogP contribution in [0.1, 0.15) is 10.4 Å². The maximum atomic E-state index is 12.2. The molecule has 0 bridgehead atoms. The van der Waals surface area contributed by atoms with Gasteiger partial charge in [-0.1, -0.05) is 22.0 Å². The molecule has 3 rings (SSSR count). The monoisotopic (exact) mass is 360 g/mol. The number of benzene rings is 2. The number of halogens is 1. The summed E-state index contributed by atoms with van der Waals surface area (Å²) in [7, 11) is 0. The molecule has 5 heteroatoms. The van der Waals surface area contributed by atoms with E-state index in [1.165, 1.54) is 0 Å². The summed E-state index contributed by atoms with van der Waals surface area (Å²) in [5, 5.41) is 2.91. The minimum absolute atomic E-state index is 0.111. The van der Waals surface area contributed by atoms with Crippen molar-refractivity contribution in [3.05, 3.63) is 58.6 Å². The number of carbonyl (C=O) groups is 1. The van der Waals surface area contributed by atoms with E-state index in [9.17, 15) is 4.79 Å². The maximum absolute atomic E-state index is 12.2. The molecule has 0 saturated carbocycles. The minimum Gasteiger partial charge on any atom is -0.378 e. The van der Waals surface area contributed by atoms with Crippen LogP contribution in [0.25, 0.3) is 0 Å². The zero-order valence-corrected chi connectivity index (χ0v) is 13.7. The lowest BCUT2D eigenvalue weighted by Gasteiger charge is -2.28. The molecule has 0 radical (unpaired) electrons. The number of rotatable bonds is 3. The number of anilines is 2. The molecule has 1 fully saturated rings. The van der Waals surface area contributed by atoms with E-state index in [2.05, 4.69) is 26.1 Å². The summed E-state index contributed by atoms with van der Waals surface area (Å²) in [5.74, 6) is -0.111. The number of ether oxygens (including phenoxy) is 1. The van der Waals surface area contributed by atoms with E-state index in [1.807, 2.05) is 36.4 Å². The number of hydrogen-bond acceptors (Lipinski definition) is 3. The number of hydrogen-bond donors (Lipinski definition) is 1. The largest absolute Gasteiger partial charge is 0.378 e. The first-order chi connectivity index (χ1) is 10.7. The summed E-state index contributed by atoms with van der Waals surface area (Å²) in [4.78, 5) is 14.5. The van der Waals surface area contributed by atoms with Gasteiger partial charge in [0.1, 0.15) is 0 Å². The van der Waals surface area contributed by atoms with Crippen LogP contribution in [0.5, 0.6) is 0 Å². The van der Waals surface area contributed by atoms with Crippen molar-refractivity contribution in [1.29, 1.82) is 0 Å². The van der Waals surface area contributed by atoms with Crippen molar-refractivity contribution in [2.75, 3.05) is 36.5 Å². The Morgan fingerprint density at radius 1 is 1.09 bits per heavy atom. The molecule has 1 aliphatic rings. The Bertz CT molecular complexity index is 652. The van der Waals surface area contributed by atoms with E-state index in [4.69, 9.17) is 4.74 Å². The molecule has 1 amide bonds. The SMILES string of the molecule is O=C(Nc1ccc(N2CCOCC2)cc1)c1cccc(Br)c1. The van der Waals surface area contributed by atoms with Crippen LogP contribution in [-0.2, 0) is 4.74 Å². The second-order valence-corrected chi connectivity index (χ2v) is 6.03. The Kier molecular flexibility index (Phi) is 4.75. The summed E-state index contributed by atoms with van der Waals surface area (Å²) < 4.78 is 6.25. The zero-order valence-electron chi connectivity index (χ0n) is 12.1. The molecule has 1 aliphatic heterocycles. The number of nitrogens with one attached hydrogen (secondary N) is 1. The molecule has 0 aliphatic carbocycles. The molecular formula is C17H17BrN2O2. The van der Waals surface area contributed by atoms with Gasteiger partial charge >= 0.3 is 0 Å². The van der Waals surface area contributed by atoms with E-state index >= 15 is 0 Å². The highest BCUT2D eigenvalue weighted by molar-refractivity contribution is 9.10. The summed E-state index contributed by atoms with van der Waals surface area (Å²) in [5.41, 5.74) is 2.58. The summed E-state index contributed by atoms with van der Waals surface area (Å²) in [6, 6.07) is 15.3. The van der Waals surface area contributed by atoms with Crippen LogP contribution < -0.4 is 10.2 Å². The van der Waals surface area contributed by atoms with Gasteiger partial charge in [-0.2, -0.15) is 0 Å². The second-order valence-electron chi connectivity index (χ2n) is 5.11. The van der Waals surface area contributed by atoms with Crippen LogP contribution in [0.2, 0.25) is 0 Å². The van der Waals surface area contributed by atoms with Gasteiger partial charge in [0.15, 0.2) is 0 Å². The molecule has 2 aromatic rings. The summed E-state index contributed by atoms with van der Waals surface area (Å²) in [6.07, 6.45) is 0. The van der Waals surface area contributed by atoms with E-state index in [1.54, 1.807) is 12.1 Å². The van der Waals surface area contributed by atoms with E-state index in [0.717, 1.165) is 42.2 Å². The van der Waals surface area contributed by atoms with Crippen LogP contribution in [0, 0.1) is 0 Å². The highest BCUT2D eigenvalue weighted by Gasteiger charge is 2.11. The average molecular weight is 361 g/mol. The van der Waals surface area contributed by atoms with E-state index in [0.29, 0.717) is 5.56 Å². The lowest BCUT2D eigenvalue weighted by Crippen LogP contribution is -2.36. The first-order valence-electron chi connectivity index (χ1n) is 7.22. The number of nitrogens with zero attached hydrogens (tertiary/aromatic N) is 1. The van der Waals surface area contributed by atoms with Crippen LogP contribution in [-0.4, -0.2) is 32.2 Å².